The summed E-state index contributed by atoms with van der Waals surface area (Å²) in [6.07, 6.45) is 0. The minimum absolute atomic E-state index is 0.155. The molecule has 0 aliphatic rings. The fourth-order valence-electron chi connectivity index (χ4n) is 2.30. The highest BCUT2D eigenvalue weighted by atomic mass is 35.5. The first-order valence-corrected chi connectivity index (χ1v) is 9.29. The first-order valence-electron chi connectivity index (χ1n) is 7.92. The molecule has 140 valence electrons. The number of hydrogen-bond donors (Lipinski definition) is 2. The van der Waals surface area contributed by atoms with Gasteiger partial charge in [-0.15, -0.1) is 5.10 Å². The molecule has 7 nitrogen and oxygen atoms in total. The monoisotopic (exact) mass is 404 g/mol. The molecular formula is C18H17ClN4O3S. The number of methoxy groups -OCH3 is 2. The SMILES string of the molecule is COc1ccc(-c2nc(SCC(=O)Nc3ccccc3Cl)n[nH]2)c(OC)c1. The Bertz CT molecular complexity index is 948. The molecule has 0 aliphatic heterocycles. The van der Waals surface area contributed by atoms with Crippen LogP contribution < -0.4 is 14.8 Å². The Morgan fingerprint density at radius 3 is 2.78 bits per heavy atom. The van der Waals surface area contributed by atoms with Crippen LogP contribution in [0.1, 0.15) is 0 Å². The van der Waals surface area contributed by atoms with Crippen molar-refractivity contribution in [1.82, 2.24) is 15.2 Å². The van der Waals surface area contributed by atoms with E-state index < -0.39 is 0 Å². The number of H-pyrrole nitrogens is 1. The number of aromatic amines is 1. The molecule has 0 aliphatic carbocycles. The summed E-state index contributed by atoms with van der Waals surface area (Å²) < 4.78 is 10.6. The van der Waals surface area contributed by atoms with E-state index in [0.717, 1.165) is 5.56 Å². The molecule has 0 fully saturated rings. The highest BCUT2D eigenvalue weighted by Crippen LogP contribution is 2.32. The third-order valence-corrected chi connectivity index (χ3v) is 4.79. The second-order valence-corrected chi connectivity index (χ2v) is 6.70. The van der Waals surface area contributed by atoms with Crippen molar-refractivity contribution in [2.45, 2.75) is 5.16 Å². The van der Waals surface area contributed by atoms with Crippen LogP contribution in [0.5, 0.6) is 11.5 Å². The highest BCUT2D eigenvalue weighted by Gasteiger charge is 2.14. The minimum Gasteiger partial charge on any atom is -0.497 e. The smallest absolute Gasteiger partial charge is 0.234 e. The van der Waals surface area contributed by atoms with Crippen LogP contribution >= 0.6 is 23.4 Å². The molecule has 0 saturated heterocycles. The van der Waals surface area contributed by atoms with E-state index in [1.807, 2.05) is 12.1 Å². The van der Waals surface area contributed by atoms with Crippen molar-refractivity contribution in [3.8, 4) is 22.9 Å². The van der Waals surface area contributed by atoms with E-state index in [1.165, 1.54) is 11.8 Å². The Morgan fingerprint density at radius 2 is 2.04 bits per heavy atom. The van der Waals surface area contributed by atoms with E-state index in [4.69, 9.17) is 21.1 Å². The first-order chi connectivity index (χ1) is 13.1. The van der Waals surface area contributed by atoms with Gasteiger partial charge >= 0.3 is 0 Å². The zero-order chi connectivity index (χ0) is 19.2. The number of anilines is 1. The third-order valence-electron chi connectivity index (χ3n) is 3.61. The number of benzene rings is 2. The summed E-state index contributed by atoms with van der Waals surface area (Å²) in [5.74, 6) is 1.80. The lowest BCUT2D eigenvalue weighted by atomic mass is 10.2. The maximum Gasteiger partial charge on any atom is 0.234 e. The summed E-state index contributed by atoms with van der Waals surface area (Å²) in [4.78, 5) is 16.5. The summed E-state index contributed by atoms with van der Waals surface area (Å²) in [6, 6.07) is 12.5. The Morgan fingerprint density at radius 1 is 1.22 bits per heavy atom. The Labute approximate surface area is 165 Å². The molecule has 0 bridgehead atoms. The molecule has 2 aromatic carbocycles. The summed E-state index contributed by atoms with van der Waals surface area (Å²) in [5, 5.41) is 10.7. The number of rotatable bonds is 7. The molecule has 0 atom stereocenters. The lowest BCUT2D eigenvalue weighted by Crippen LogP contribution is -2.14. The van der Waals surface area contributed by atoms with Gasteiger partial charge in [-0.05, 0) is 24.3 Å². The largest absolute Gasteiger partial charge is 0.497 e. The zero-order valence-electron chi connectivity index (χ0n) is 14.7. The van der Waals surface area contributed by atoms with Gasteiger partial charge in [-0.25, -0.2) is 4.98 Å². The second-order valence-electron chi connectivity index (χ2n) is 5.35. The van der Waals surface area contributed by atoms with E-state index in [9.17, 15) is 4.79 Å². The number of nitrogens with zero attached hydrogens (tertiary/aromatic N) is 2. The quantitative estimate of drug-likeness (QED) is 0.581. The Hall–Kier alpha value is -2.71. The van der Waals surface area contributed by atoms with Gasteiger partial charge in [0.15, 0.2) is 5.82 Å². The van der Waals surface area contributed by atoms with E-state index in [0.29, 0.717) is 33.2 Å². The summed E-state index contributed by atoms with van der Waals surface area (Å²) in [7, 11) is 3.16. The van der Waals surface area contributed by atoms with Crippen molar-refractivity contribution >= 4 is 35.0 Å². The molecule has 3 aromatic rings. The summed E-state index contributed by atoms with van der Waals surface area (Å²) in [5.41, 5.74) is 1.32. The van der Waals surface area contributed by atoms with Crippen molar-refractivity contribution < 1.29 is 14.3 Å². The molecule has 27 heavy (non-hydrogen) atoms. The predicted molar refractivity (Wildman–Crippen MR) is 106 cm³/mol. The van der Waals surface area contributed by atoms with E-state index in [-0.39, 0.29) is 11.7 Å². The molecule has 0 spiro atoms. The third kappa shape index (κ3) is 4.72. The average Bonchev–Trinajstić information content (AvgIpc) is 3.16. The maximum absolute atomic E-state index is 12.1. The van der Waals surface area contributed by atoms with Crippen LogP contribution in [0, 0.1) is 0 Å². The maximum atomic E-state index is 12.1. The molecule has 0 radical (unpaired) electrons. The molecule has 3 rings (SSSR count). The molecule has 0 unspecified atom stereocenters. The lowest BCUT2D eigenvalue weighted by molar-refractivity contribution is -0.113. The number of hydrogen-bond acceptors (Lipinski definition) is 6. The van der Waals surface area contributed by atoms with Crippen molar-refractivity contribution in [1.29, 1.82) is 0 Å². The van der Waals surface area contributed by atoms with Gasteiger partial charge in [-0.2, -0.15) is 0 Å². The van der Waals surface area contributed by atoms with E-state index >= 15 is 0 Å². The van der Waals surface area contributed by atoms with E-state index in [2.05, 4.69) is 20.5 Å². The molecule has 1 amide bonds. The summed E-state index contributed by atoms with van der Waals surface area (Å²) >= 11 is 7.25. The molecule has 1 heterocycles. The Kier molecular flexibility index (Phi) is 6.20. The summed E-state index contributed by atoms with van der Waals surface area (Å²) in [6.45, 7) is 0. The van der Waals surface area contributed by atoms with Gasteiger partial charge < -0.3 is 14.8 Å². The van der Waals surface area contributed by atoms with Gasteiger partial charge in [0.2, 0.25) is 11.1 Å². The fourth-order valence-corrected chi connectivity index (χ4v) is 3.09. The number of halogens is 1. The fraction of sp³-hybridized carbons (Fsp3) is 0.167. The van der Waals surface area contributed by atoms with Crippen LogP contribution in [-0.4, -0.2) is 41.1 Å². The molecule has 0 saturated carbocycles. The Balaban J connectivity index is 1.65. The second kappa shape index (κ2) is 8.79. The molecule has 1 aromatic heterocycles. The standard InChI is InChI=1S/C18H17ClN4O3S/c1-25-11-7-8-12(15(9-11)26-2)17-21-18(23-22-17)27-10-16(24)20-14-6-4-3-5-13(14)19/h3-9H,10H2,1-2H3,(H,20,24)(H,21,22,23). The zero-order valence-corrected chi connectivity index (χ0v) is 16.2. The average molecular weight is 405 g/mol. The minimum atomic E-state index is -0.193. The number of carbonyl (C=O) groups excluding carboxylic acids is 1. The number of para-hydroxylation sites is 1. The van der Waals surface area contributed by atoms with Gasteiger partial charge in [-0.1, -0.05) is 35.5 Å². The number of ether oxygens (including phenoxy) is 2. The van der Waals surface area contributed by atoms with E-state index in [1.54, 1.807) is 44.6 Å². The van der Waals surface area contributed by atoms with Crippen molar-refractivity contribution in [2.24, 2.45) is 0 Å². The number of nitrogens with one attached hydrogen (secondary N) is 2. The number of amides is 1. The molecule has 2 N–H and O–H groups in total. The first kappa shape index (κ1) is 19.1. The highest BCUT2D eigenvalue weighted by molar-refractivity contribution is 7.99. The molecular weight excluding hydrogens is 388 g/mol. The van der Waals surface area contributed by atoms with Crippen LogP contribution in [0.4, 0.5) is 5.69 Å². The van der Waals surface area contributed by atoms with Crippen molar-refractivity contribution in [3.63, 3.8) is 0 Å². The number of aromatic nitrogens is 3. The van der Waals surface area contributed by atoms with Gasteiger partial charge in [0.1, 0.15) is 11.5 Å². The number of thioether (sulfide) groups is 1. The van der Waals surface area contributed by atoms with Crippen LogP contribution in [0.3, 0.4) is 0 Å². The van der Waals surface area contributed by atoms with Gasteiger partial charge in [-0.3, -0.25) is 9.89 Å². The predicted octanol–water partition coefficient (Wildman–Crippen LogP) is 3.87. The lowest BCUT2D eigenvalue weighted by Gasteiger charge is -2.07. The van der Waals surface area contributed by atoms with Gasteiger partial charge in [0.05, 0.1) is 36.2 Å². The van der Waals surface area contributed by atoms with Crippen molar-refractivity contribution in [2.75, 3.05) is 25.3 Å². The van der Waals surface area contributed by atoms with Crippen LogP contribution in [-0.2, 0) is 4.79 Å². The topological polar surface area (TPSA) is 89.1 Å². The van der Waals surface area contributed by atoms with Crippen LogP contribution in [0.2, 0.25) is 5.02 Å². The molecule has 9 heteroatoms. The van der Waals surface area contributed by atoms with Crippen LogP contribution in [0.15, 0.2) is 47.6 Å². The van der Waals surface area contributed by atoms with Gasteiger partial charge in [0, 0.05) is 6.07 Å². The number of carbonyl (C=O) groups is 1. The normalized spacial score (nSPS) is 10.5. The van der Waals surface area contributed by atoms with Crippen LogP contribution in [0.25, 0.3) is 11.4 Å². The van der Waals surface area contributed by atoms with Gasteiger partial charge in [0.25, 0.3) is 0 Å². The van der Waals surface area contributed by atoms with Crippen molar-refractivity contribution in [3.05, 3.63) is 47.5 Å².